The first-order valence-corrected chi connectivity index (χ1v) is 15.2. The Morgan fingerprint density at radius 3 is 1.98 bits per heavy atom. The SMILES string of the molecule is CC[C@H](C(=O)NC(C)C)N(Cc1ccc(Cl)cc1)C(=O)CN(c1cc(C)cc(C)c1)S(=O)(=O)c1ccc(C)cc1. The highest BCUT2D eigenvalue weighted by Crippen LogP contribution is 2.27. The van der Waals surface area contributed by atoms with Crippen molar-refractivity contribution < 1.29 is 18.0 Å². The molecule has 0 heterocycles. The van der Waals surface area contributed by atoms with Crippen molar-refractivity contribution in [3.63, 3.8) is 0 Å². The fourth-order valence-electron chi connectivity index (χ4n) is 4.55. The molecule has 0 aromatic heterocycles. The molecule has 7 nitrogen and oxygen atoms in total. The minimum atomic E-state index is -4.12. The molecule has 0 saturated heterocycles. The van der Waals surface area contributed by atoms with Crippen LogP contribution in [-0.4, -0.2) is 43.8 Å². The largest absolute Gasteiger partial charge is 0.352 e. The average Bonchev–Trinajstić information content (AvgIpc) is 2.87. The zero-order valence-corrected chi connectivity index (χ0v) is 25.5. The van der Waals surface area contributed by atoms with E-state index < -0.39 is 28.5 Å². The molecule has 0 saturated carbocycles. The number of amides is 2. The number of aryl methyl sites for hydroxylation is 3. The first-order chi connectivity index (χ1) is 18.8. The number of hydrogen-bond acceptors (Lipinski definition) is 4. The van der Waals surface area contributed by atoms with Gasteiger partial charge in [0.15, 0.2) is 0 Å². The predicted octanol–water partition coefficient (Wildman–Crippen LogP) is 5.79. The molecule has 0 fully saturated rings. The van der Waals surface area contributed by atoms with Gasteiger partial charge in [0, 0.05) is 17.6 Å². The van der Waals surface area contributed by atoms with Gasteiger partial charge in [0.25, 0.3) is 10.0 Å². The van der Waals surface area contributed by atoms with E-state index >= 15 is 0 Å². The van der Waals surface area contributed by atoms with Crippen molar-refractivity contribution in [1.82, 2.24) is 10.2 Å². The molecule has 3 rings (SSSR count). The van der Waals surface area contributed by atoms with Crippen LogP contribution in [0.15, 0.2) is 71.6 Å². The summed E-state index contributed by atoms with van der Waals surface area (Å²) in [6.07, 6.45) is 0.353. The third kappa shape index (κ3) is 7.86. The lowest BCUT2D eigenvalue weighted by molar-refractivity contribution is -0.140. The fourth-order valence-corrected chi connectivity index (χ4v) is 6.07. The molecule has 214 valence electrons. The molecule has 0 aliphatic heterocycles. The van der Waals surface area contributed by atoms with Gasteiger partial charge in [0.05, 0.1) is 10.6 Å². The number of hydrogen-bond donors (Lipinski definition) is 1. The minimum absolute atomic E-state index is 0.0823. The number of rotatable bonds is 11. The van der Waals surface area contributed by atoms with E-state index in [2.05, 4.69) is 5.32 Å². The Kier molecular flexibility index (Phi) is 10.4. The highest BCUT2D eigenvalue weighted by molar-refractivity contribution is 7.92. The molecule has 1 atom stereocenters. The average molecular weight is 584 g/mol. The molecule has 3 aromatic carbocycles. The summed E-state index contributed by atoms with van der Waals surface area (Å²) in [6.45, 7) is 10.8. The molecule has 0 unspecified atom stereocenters. The molecular weight excluding hydrogens is 546 g/mol. The summed E-state index contributed by atoms with van der Waals surface area (Å²) in [6, 6.07) is 18.1. The molecule has 3 aromatic rings. The van der Waals surface area contributed by atoms with Gasteiger partial charge in [-0.1, -0.05) is 54.4 Å². The number of anilines is 1. The summed E-state index contributed by atoms with van der Waals surface area (Å²) in [5.41, 5.74) is 3.81. The molecule has 0 aliphatic carbocycles. The summed E-state index contributed by atoms with van der Waals surface area (Å²) in [5.74, 6) is -0.783. The number of halogens is 1. The maximum atomic E-state index is 14.1. The van der Waals surface area contributed by atoms with Crippen LogP contribution in [0, 0.1) is 20.8 Å². The van der Waals surface area contributed by atoms with Gasteiger partial charge in [-0.05, 0) is 94.1 Å². The zero-order chi connectivity index (χ0) is 29.6. The van der Waals surface area contributed by atoms with Crippen LogP contribution in [0.25, 0.3) is 0 Å². The molecule has 2 amide bonds. The van der Waals surface area contributed by atoms with E-state index in [1.54, 1.807) is 60.7 Å². The molecule has 9 heteroatoms. The van der Waals surface area contributed by atoms with Gasteiger partial charge in [0.1, 0.15) is 12.6 Å². The van der Waals surface area contributed by atoms with Crippen molar-refractivity contribution in [2.45, 2.75) is 71.5 Å². The van der Waals surface area contributed by atoms with Gasteiger partial charge in [-0.2, -0.15) is 0 Å². The Labute approximate surface area is 243 Å². The van der Waals surface area contributed by atoms with Gasteiger partial charge in [-0.3, -0.25) is 13.9 Å². The van der Waals surface area contributed by atoms with Crippen molar-refractivity contribution in [2.24, 2.45) is 0 Å². The summed E-state index contributed by atoms with van der Waals surface area (Å²) in [4.78, 5) is 28.9. The topological polar surface area (TPSA) is 86.8 Å². The van der Waals surface area contributed by atoms with E-state index in [4.69, 9.17) is 11.6 Å². The molecule has 0 aliphatic rings. The van der Waals surface area contributed by atoms with Crippen LogP contribution < -0.4 is 9.62 Å². The summed E-state index contributed by atoms with van der Waals surface area (Å²) >= 11 is 6.07. The Morgan fingerprint density at radius 2 is 1.45 bits per heavy atom. The second-order valence-electron chi connectivity index (χ2n) is 10.4. The second-order valence-corrected chi connectivity index (χ2v) is 12.7. The van der Waals surface area contributed by atoms with E-state index in [0.29, 0.717) is 17.1 Å². The van der Waals surface area contributed by atoms with Crippen molar-refractivity contribution in [3.8, 4) is 0 Å². The van der Waals surface area contributed by atoms with Gasteiger partial charge in [-0.25, -0.2) is 8.42 Å². The molecule has 0 bridgehead atoms. The highest BCUT2D eigenvalue weighted by Gasteiger charge is 2.34. The summed E-state index contributed by atoms with van der Waals surface area (Å²) < 4.78 is 29.1. The Hall–Kier alpha value is -3.36. The third-order valence-electron chi connectivity index (χ3n) is 6.47. The van der Waals surface area contributed by atoms with Gasteiger partial charge >= 0.3 is 0 Å². The summed E-state index contributed by atoms with van der Waals surface area (Å²) in [5, 5.41) is 3.45. The van der Waals surface area contributed by atoms with Gasteiger partial charge < -0.3 is 10.2 Å². The molecule has 40 heavy (non-hydrogen) atoms. The normalized spacial score (nSPS) is 12.2. The Bertz CT molecular complexity index is 1420. The maximum Gasteiger partial charge on any atom is 0.264 e. The quantitative estimate of drug-likeness (QED) is 0.309. The fraction of sp³-hybridized carbons (Fsp3) is 0.355. The second kappa shape index (κ2) is 13.3. The first-order valence-electron chi connectivity index (χ1n) is 13.3. The van der Waals surface area contributed by atoms with Crippen LogP contribution in [0.5, 0.6) is 0 Å². The number of carbonyl (C=O) groups excluding carboxylic acids is 2. The highest BCUT2D eigenvalue weighted by atomic mass is 35.5. The maximum absolute atomic E-state index is 14.1. The van der Waals surface area contributed by atoms with Gasteiger partial charge in [0.2, 0.25) is 11.8 Å². The Morgan fingerprint density at radius 1 is 0.875 bits per heavy atom. The van der Waals surface area contributed by atoms with E-state index in [1.807, 2.05) is 47.6 Å². The number of nitrogens with zero attached hydrogens (tertiary/aromatic N) is 2. The lowest BCUT2D eigenvalue weighted by atomic mass is 10.1. The number of carbonyl (C=O) groups is 2. The number of nitrogens with one attached hydrogen (secondary N) is 1. The minimum Gasteiger partial charge on any atom is -0.352 e. The van der Waals surface area contributed by atoms with Crippen LogP contribution in [0.3, 0.4) is 0 Å². The van der Waals surface area contributed by atoms with Crippen LogP contribution in [0.4, 0.5) is 5.69 Å². The molecule has 0 radical (unpaired) electrons. The Balaban J connectivity index is 2.09. The predicted molar refractivity (Wildman–Crippen MR) is 161 cm³/mol. The van der Waals surface area contributed by atoms with Crippen LogP contribution in [-0.2, 0) is 26.2 Å². The van der Waals surface area contributed by atoms with Gasteiger partial charge in [-0.15, -0.1) is 0 Å². The van der Waals surface area contributed by atoms with E-state index in [1.165, 1.54) is 4.90 Å². The standard InChI is InChI=1S/C31H38ClN3O4S/c1-7-29(31(37)33-21(2)3)34(19-25-10-12-26(32)13-11-25)30(36)20-35(27-17-23(5)16-24(6)18-27)40(38,39)28-14-8-22(4)9-15-28/h8-18,21,29H,7,19-20H2,1-6H3,(H,33,37)/t29-/m1/s1. The van der Waals surface area contributed by atoms with Crippen LogP contribution >= 0.6 is 11.6 Å². The molecular formula is C31H38ClN3O4S. The van der Waals surface area contributed by atoms with Crippen molar-refractivity contribution >= 4 is 39.1 Å². The van der Waals surface area contributed by atoms with Crippen LogP contribution in [0.2, 0.25) is 5.02 Å². The monoisotopic (exact) mass is 583 g/mol. The van der Waals surface area contributed by atoms with Crippen LogP contribution in [0.1, 0.15) is 49.4 Å². The van der Waals surface area contributed by atoms with Crippen molar-refractivity contribution in [3.05, 3.63) is 94.0 Å². The van der Waals surface area contributed by atoms with Crippen molar-refractivity contribution in [2.75, 3.05) is 10.8 Å². The van der Waals surface area contributed by atoms with E-state index in [9.17, 15) is 18.0 Å². The smallest absolute Gasteiger partial charge is 0.264 e. The molecule has 0 spiro atoms. The number of sulfonamides is 1. The number of benzene rings is 3. The van der Waals surface area contributed by atoms with E-state index in [-0.39, 0.29) is 23.4 Å². The van der Waals surface area contributed by atoms with Crippen molar-refractivity contribution in [1.29, 1.82) is 0 Å². The first kappa shape index (κ1) is 31.2. The third-order valence-corrected chi connectivity index (χ3v) is 8.51. The lowest BCUT2D eigenvalue weighted by Crippen LogP contribution is -2.53. The summed E-state index contributed by atoms with van der Waals surface area (Å²) in [7, 11) is -4.12. The molecule has 1 N–H and O–H groups in total. The van der Waals surface area contributed by atoms with E-state index in [0.717, 1.165) is 26.6 Å². The zero-order valence-electron chi connectivity index (χ0n) is 23.9. The lowest BCUT2D eigenvalue weighted by Gasteiger charge is -2.33.